The molecule has 1 heterocycles. The molecule has 3 saturated carbocycles. The van der Waals surface area contributed by atoms with Crippen LogP contribution in [-0.2, 0) is 4.79 Å². The zero-order chi connectivity index (χ0) is 11.9. The summed E-state index contributed by atoms with van der Waals surface area (Å²) in [4.78, 5) is 14.0. The van der Waals surface area contributed by atoms with Crippen LogP contribution in [0.3, 0.4) is 0 Å². The molecule has 1 N–H and O–H groups in total. The van der Waals surface area contributed by atoms with Gasteiger partial charge in [-0.15, -0.1) is 0 Å². The molecule has 4 fully saturated rings. The van der Waals surface area contributed by atoms with Gasteiger partial charge in [-0.05, 0) is 69.9 Å². The number of carboxylic acid groups (broad SMARTS) is 1. The van der Waals surface area contributed by atoms with Crippen LogP contribution in [-0.4, -0.2) is 35.6 Å². The Morgan fingerprint density at radius 3 is 2.00 bits per heavy atom. The van der Waals surface area contributed by atoms with Crippen LogP contribution in [0.1, 0.15) is 51.4 Å². The average Bonchev–Trinajstić information content (AvgIpc) is 2.83. The second kappa shape index (κ2) is 3.98. The van der Waals surface area contributed by atoms with Gasteiger partial charge < -0.3 is 10.0 Å². The van der Waals surface area contributed by atoms with E-state index in [1.54, 1.807) is 0 Å². The molecule has 0 aromatic carbocycles. The van der Waals surface area contributed by atoms with E-state index in [-0.39, 0.29) is 5.41 Å². The number of aliphatic carboxylic acids is 1. The molecule has 17 heavy (non-hydrogen) atoms. The third-order valence-electron chi connectivity index (χ3n) is 5.61. The molecule has 0 amide bonds. The van der Waals surface area contributed by atoms with Crippen LogP contribution in [0.5, 0.6) is 0 Å². The lowest BCUT2D eigenvalue weighted by Gasteiger charge is -2.52. The first-order valence-corrected chi connectivity index (χ1v) is 7.10. The van der Waals surface area contributed by atoms with Crippen molar-refractivity contribution >= 4 is 5.97 Å². The van der Waals surface area contributed by atoms with Gasteiger partial charge in [-0.25, -0.2) is 0 Å². The molecule has 1 aliphatic heterocycles. The van der Waals surface area contributed by atoms with Gasteiger partial charge in [0.2, 0.25) is 0 Å². The third kappa shape index (κ3) is 1.88. The Morgan fingerprint density at radius 1 is 1.00 bits per heavy atom. The summed E-state index contributed by atoms with van der Waals surface area (Å²) in [5.41, 5.74) is 0.133. The fraction of sp³-hybridized carbons (Fsp3) is 0.929. The van der Waals surface area contributed by atoms with Crippen molar-refractivity contribution in [3.63, 3.8) is 0 Å². The monoisotopic (exact) mass is 237 g/mol. The predicted octanol–water partition coefficient (Wildman–Crippen LogP) is 2.51. The summed E-state index contributed by atoms with van der Waals surface area (Å²) < 4.78 is 0. The van der Waals surface area contributed by atoms with Crippen molar-refractivity contribution in [1.82, 2.24) is 4.90 Å². The molecule has 0 aromatic rings. The van der Waals surface area contributed by atoms with E-state index in [4.69, 9.17) is 0 Å². The normalized spacial score (nSPS) is 41.9. The van der Waals surface area contributed by atoms with Gasteiger partial charge in [0.15, 0.2) is 0 Å². The van der Waals surface area contributed by atoms with Gasteiger partial charge in [-0.2, -0.15) is 0 Å². The lowest BCUT2D eigenvalue weighted by molar-refractivity contribution is -0.159. The fourth-order valence-corrected chi connectivity index (χ4v) is 4.24. The van der Waals surface area contributed by atoms with Gasteiger partial charge in [0, 0.05) is 6.54 Å². The number of hydrogen-bond acceptors (Lipinski definition) is 2. The first kappa shape index (κ1) is 11.5. The number of carboxylic acids is 1. The van der Waals surface area contributed by atoms with Crippen LogP contribution in [0, 0.1) is 10.8 Å². The molecule has 0 radical (unpaired) electrons. The van der Waals surface area contributed by atoms with Gasteiger partial charge in [0.25, 0.3) is 0 Å². The van der Waals surface area contributed by atoms with E-state index in [1.165, 1.54) is 32.5 Å². The highest BCUT2D eigenvalue weighted by atomic mass is 16.4. The van der Waals surface area contributed by atoms with Crippen LogP contribution < -0.4 is 0 Å². The minimum absolute atomic E-state index is 0.341. The van der Waals surface area contributed by atoms with Crippen LogP contribution >= 0.6 is 0 Å². The van der Waals surface area contributed by atoms with E-state index in [2.05, 4.69) is 4.90 Å². The lowest BCUT2D eigenvalue weighted by Crippen LogP contribution is -2.49. The Balaban J connectivity index is 1.66. The summed E-state index contributed by atoms with van der Waals surface area (Å²) in [6, 6.07) is 0. The molecule has 2 bridgehead atoms. The van der Waals surface area contributed by atoms with Gasteiger partial charge >= 0.3 is 5.97 Å². The van der Waals surface area contributed by atoms with Crippen molar-refractivity contribution in [3.05, 3.63) is 0 Å². The standard InChI is InChI=1S/C14H23NO2/c16-12(17)14-6-3-13(4-7-14,5-8-14)11-15-9-1-2-10-15/h1-11H2,(H,16,17). The Labute approximate surface area is 103 Å². The Kier molecular flexibility index (Phi) is 2.69. The average molecular weight is 237 g/mol. The van der Waals surface area contributed by atoms with Crippen molar-refractivity contribution in [2.75, 3.05) is 19.6 Å². The van der Waals surface area contributed by atoms with E-state index < -0.39 is 5.97 Å². The molecule has 3 heteroatoms. The van der Waals surface area contributed by atoms with Crippen molar-refractivity contribution in [3.8, 4) is 0 Å². The maximum absolute atomic E-state index is 11.4. The van der Waals surface area contributed by atoms with Gasteiger partial charge in [0.05, 0.1) is 5.41 Å². The van der Waals surface area contributed by atoms with Crippen LogP contribution in [0.25, 0.3) is 0 Å². The second-order valence-electron chi connectivity index (χ2n) is 6.57. The summed E-state index contributed by atoms with van der Waals surface area (Å²) in [5, 5.41) is 9.37. The topological polar surface area (TPSA) is 40.5 Å². The zero-order valence-corrected chi connectivity index (χ0v) is 10.6. The quantitative estimate of drug-likeness (QED) is 0.820. The van der Waals surface area contributed by atoms with Crippen molar-refractivity contribution in [2.45, 2.75) is 51.4 Å². The molecule has 0 spiro atoms. The Morgan fingerprint density at radius 2 is 1.53 bits per heavy atom. The van der Waals surface area contributed by atoms with Crippen molar-refractivity contribution in [1.29, 1.82) is 0 Å². The third-order valence-corrected chi connectivity index (χ3v) is 5.61. The van der Waals surface area contributed by atoms with Gasteiger partial charge in [-0.3, -0.25) is 4.79 Å². The maximum atomic E-state index is 11.4. The molecule has 3 aliphatic carbocycles. The summed E-state index contributed by atoms with van der Waals surface area (Å²) in [5.74, 6) is -0.535. The van der Waals surface area contributed by atoms with E-state index in [9.17, 15) is 9.90 Å². The molecule has 4 rings (SSSR count). The van der Waals surface area contributed by atoms with Crippen LogP contribution in [0.4, 0.5) is 0 Å². The summed E-state index contributed by atoms with van der Waals surface area (Å²) in [7, 11) is 0. The minimum Gasteiger partial charge on any atom is -0.481 e. The Bertz CT molecular complexity index is 296. The molecular formula is C14H23NO2. The van der Waals surface area contributed by atoms with E-state index >= 15 is 0 Å². The fourth-order valence-electron chi connectivity index (χ4n) is 4.24. The summed E-state index contributed by atoms with van der Waals surface area (Å²) >= 11 is 0. The van der Waals surface area contributed by atoms with Crippen molar-refractivity contribution in [2.24, 2.45) is 10.8 Å². The first-order valence-electron chi connectivity index (χ1n) is 7.10. The van der Waals surface area contributed by atoms with Gasteiger partial charge in [-0.1, -0.05) is 0 Å². The first-order chi connectivity index (χ1) is 8.14. The molecule has 1 saturated heterocycles. The smallest absolute Gasteiger partial charge is 0.309 e. The highest BCUT2D eigenvalue weighted by molar-refractivity contribution is 5.75. The highest BCUT2D eigenvalue weighted by Crippen LogP contribution is 2.57. The van der Waals surface area contributed by atoms with E-state index in [0.29, 0.717) is 5.41 Å². The molecule has 0 atom stereocenters. The number of likely N-dealkylation sites (tertiary alicyclic amines) is 1. The SMILES string of the molecule is O=C(O)C12CCC(CN3CCCC3)(CC1)CC2. The molecular weight excluding hydrogens is 214 g/mol. The van der Waals surface area contributed by atoms with Gasteiger partial charge in [0.1, 0.15) is 0 Å². The number of fused-ring (bicyclic) bond motifs is 3. The van der Waals surface area contributed by atoms with E-state index in [0.717, 1.165) is 38.5 Å². The Hall–Kier alpha value is -0.570. The van der Waals surface area contributed by atoms with E-state index in [1.807, 2.05) is 0 Å². The molecule has 96 valence electrons. The second-order valence-corrected chi connectivity index (χ2v) is 6.57. The van der Waals surface area contributed by atoms with Crippen LogP contribution in [0.2, 0.25) is 0 Å². The lowest BCUT2D eigenvalue weighted by atomic mass is 9.53. The largest absolute Gasteiger partial charge is 0.481 e. The maximum Gasteiger partial charge on any atom is 0.309 e. The number of rotatable bonds is 3. The molecule has 4 aliphatic rings. The number of hydrogen-bond donors (Lipinski definition) is 1. The summed E-state index contributed by atoms with van der Waals surface area (Å²) in [6.45, 7) is 3.78. The highest BCUT2D eigenvalue weighted by Gasteiger charge is 2.52. The number of carbonyl (C=O) groups is 1. The van der Waals surface area contributed by atoms with Crippen LogP contribution in [0.15, 0.2) is 0 Å². The molecule has 3 nitrogen and oxygen atoms in total. The number of nitrogens with zero attached hydrogens (tertiary/aromatic N) is 1. The zero-order valence-electron chi connectivity index (χ0n) is 10.6. The van der Waals surface area contributed by atoms with Crippen molar-refractivity contribution < 1.29 is 9.90 Å². The summed E-state index contributed by atoms with van der Waals surface area (Å²) in [6.07, 6.45) is 8.94. The minimum atomic E-state index is -0.535. The predicted molar refractivity (Wildman–Crippen MR) is 65.9 cm³/mol. The molecule has 0 aromatic heterocycles. The molecule has 0 unspecified atom stereocenters.